The van der Waals surface area contributed by atoms with E-state index in [-0.39, 0.29) is 0 Å². The quantitative estimate of drug-likeness (QED) is 0.418. The van der Waals surface area contributed by atoms with Crippen LogP contribution in [0.4, 0.5) is 5.69 Å². The number of aromatic nitrogens is 7. The zero-order chi connectivity index (χ0) is 19.2. The number of rotatable bonds is 6. The Morgan fingerprint density at radius 1 is 1.15 bits per heavy atom. The zero-order valence-electron chi connectivity index (χ0n) is 15.6. The number of nitrogens with zero attached hydrogens (tertiary/aromatic N) is 7. The fourth-order valence-electron chi connectivity index (χ4n) is 2.93. The van der Waals surface area contributed by atoms with E-state index >= 15 is 0 Å². The Morgan fingerprint density at radius 2 is 1.93 bits per heavy atom. The molecule has 0 bridgehead atoms. The topological polar surface area (TPSA) is 127 Å². The van der Waals surface area contributed by atoms with E-state index in [0.717, 1.165) is 33.7 Å². The monoisotopic (exact) mass is 406 g/mol. The molecule has 4 N–H and O–H groups in total. The van der Waals surface area contributed by atoms with E-state index in [1.165, 1.54) is 4.79 Å². The lowest BCUT2D eigenvalue weighted by Gasteiger charge is -2.26. The van der Waals surface area contributed by atoms with Crippen LogP contribution >= 0.6 is 23.5 Å². The van der Waals surface area contributed by atoms with Gasteiger partial charge in [-0.3, -0.25) is 10.8 Å². The van der Waals surface area contributed by atoms with Crippen LogP contribution in [0.3, 0.4) is 0 Å². The molecule has 1 unspecified atom stereocenters. The van der Waals surface area contributed by atoms with E-state index in [4.69, 9.17) is 5.73 Å². The molecule has 0 fully saturated rings. The van der Waals surface area contributed by atoms with Gasteiger partial charge in [0.1, 0.15) is 21.6 Å². The summed E-state index contributed by atoms with van der Waals surface area (Å²) in [5.41, 5.74) is 7.27. The van der Waals surface area contributed by atoms with Gasteiger partial charge < -0.3 is 5.32 Å². The molecule has 4 rings (SSSR count). The maximum absolute atomic E-state index is 6.86. The van der Waals surface area contributed by atoms with Gasteiger partial charge in [0.25, 0.3) is 0 Å². The molecule has 0 saturated carbocycles. The van der Waals surface area contributed by atoms with Crippen LogP contribution in [0.25, 0.3) is 5.65 Å². The van der Waals surface area contributed by atoms with Crippen molar-refractivity contribution in [1.82, 2.24) is 34.7 Å². The third-order valence-corrected chi connectivity index (χ3v) is 5.93. The zero-order valence-corrected chi connectivity index (χ0v) is 17.3. The third-order valence-electron chi connectivity index (χ3n) is 4.09. The smallest absolute Gasteiger partial charge is 0.201 e. The first kappa shape index (κ1) is 18.3. The lowest BCUT2D eigenvalue weighted by molar-refractivity contribution is 0.625. The van der Waals surface area contributed by atoms with Gasteiger partial charge in [-0.25, -0.2) is 9.97 Å². The van der Waals surface area contributed by atoms with Gasteiger partial charge in [0, 0.05) is 6.42 Å². The van der Waals surface area contributed by atoms with Gasteiger partial charge in [-0.15, -0.1) is 43.6 Å². The minimum atomic E-state index is -1.08. The van der Waals surface area contributed by atoms with E-state index in [1.54, 1.807) is 28.2 Å². The molecule has 12 heteroatoms. The van der Waals surface area contributed by atoms with Crippen LogP contribution in [-0.2, 0) is 12.1 Å². The minimum absolute atomic E-state index is 0.582. The van der Waals surface area contributed by atoms with Crippen molar-refractivity contribution in [2.45, 2.75) is 44.8 Å². The van der Waals surface area contributed by atoms with Crippen LogP contribution in [-0.4, -0.2) is 51.2 Å². The molecule has 144 valence electrons. The Balaban J connectivity index is 1.82. The fourth-order valence-corrected chi connectivity index (χ4v) is 4.43. The Kier molecular flexibility index (Phi) is 4.64. The molecular weight excluding hydrogens is 384 g/mol. The fraction of sp³-hybridized carbons (Fsp3) is 0.533. The highest BCUT2D eigenvalue weighted by Gasteiger charge is 2.45. The number of aromatic amines is 1. The number of anilines is 1. The summed E-state index contributed by atoms with van der Waals surface area (Å²) < 4.78 is 1.67. The average Bonchev–Trinajstić information content (AvgIpc) is 3.33. The molecule has 0 amide bonds. The van der Waals surface area contributed by atoms with Crippen molar-refractivity contribution in [2.75, 3.05) is 16.8 Å². The van der Waals surface area contributed by atoms with Crippen molar-refractivity contribution in [1.29, 1.82) is 0 Å². The van der Waals surface area contributed by atoms with Gasteiger partial charge in [0.15, 0.2) is 17.3 Å². The average molecular weight is 407 g/mol. The lowest BCUT2D eigenvalue weighted by Crippen LogP contribution is -2.49. The van der Waals surface area contributed by atoms with Crippen molar-refractivity contribution in [3.05, 3.63) is 17.5 Å². The van der Waals surface area contributed by atoms with Crippen LogP contribution in [0.1, 0.15) is 38.2 Å². The van der Waals surface area contributed by atoms with Crippen molar-refractivity contribution < 1.29 is 0 Å². The van der Waals surface area contributed by atoms with Gasteiger partial charge in [0.05, 0.1) is 0 Å². The molecular formula is C15H22N10S2. The lowest BCUT2D eigenvalue weighted by atomic mass is 10.2. The summed E-state index contributed by atoms with van der Waals surface area (Å²) in [5.74, 6) is 3.72. The number of nitrogens with one attached hydrogen (secondary N) is 2. The molecule has 0 saturated heterocycles. The number of aryl methyl sites for hydroxylation is 2. The van der Waals surface area contributed by atoms with Gasteiger partial charge in [-0.05, 0) is 18.4 Å². The highest BCUT2D eigenvalue weighted by Crippen LogP contribution is 2.37. The van der Waals surface area contributed by atoms with Crippen LogP contribution in [0.5, 0.6) is 0 Å². The second-order valence-corrected chi connectivity index (χ2v) is 8.54. The van der Waals surface area contributed by atoms with Gasteiger partial charge >= 0.3 is 0 Å². The molecule has 3 aromatic rings. The van der Waals surface area contributed by atoms with Crippen LogP contribution in [0.2, 0.25) is 0 Å². The summed E-state index contributed by atoms with van der Waals surface area (Å²) in [6.07, 6.45) is 0.719. The van der Waals surface area contributed by atoms with Gasteiger partial charge in [-0.1, -0.05) is 20.8 Å². The molecule has 0 radical (unpaired) electrons. The number of nitrogens with two attached hydrogens (primary N) is 1. The summed E-state index contributed by atoms with van der Waals surface area (Å²) in [6, 6.07) is 0. The molecule has 0 spiro atoms. The number of hydrogen-bond acceptors (Lipinski definition) is 9. The number of fused-ring (bicyclic) bond motifs is 2. The van der Waals surface area contributed by atoms with E-state index < -0.39 is 5.66 Å². The summed E-state index contributed by atoms with van der Waals surface area (Å²) in [4.78, 5) is 10.7. The first-order valence-corrected chi connectivity index (χ1v) is 10.8. The third kappa shape index (κ3) is 2.91. The largest absolute Gasteiger partial charge is 0.350 e. The van der Waals surface area contributed by atoms with E-state index in [1.807, 2.05) is 13.8 Å². The molecule has 10 nitrogen and oxygen atoms in total. The molecule has 1 aliphatic rings. The van der Waals surface area contributed by atoms with Crippen LogP contribution in [0.15, 0.2) is 10.1 Å². The minimum Gasteiger partial charge on any atom is -0.350 e. The predicted molar refractivity (Wildman–Crippen MR) is 108 cm³/mol. The van der Waals surface area contributed by atoms with Crippen molar-refractivity contribution in [2.24, 2.45) is 10.8 Å². The summed E-state index contributed by atoms with van der Waals surface area (Å²) in [6.45, 7) is 8.02. The van der Waals surface area contributed by atoms with Crippen LogP contribution < -0.4 is 11.1 Å². The van der Waals surface area contributed by atoms with E-state index in [9.17, 15) is 0 Å². The summed E-state index contributed by atoms with van der Waals surface area (Å²) >= 11 is 3.24. The summed E-state index contributed by atoms with van der Waals surface area (Å²) in [5, 5.41) is 21.8. The maximum Gasteiger partial charge on any atom is 0.201 e. The molecule has 3 aromatic heterocycles. The first-order valence-electron chi connectivity index (χ1n) is 8.84. The normalized spacial score (nSPS) is 18.9. The maximum atomic E-state index is 6.86. The molecule has 4 heterocycles. The van der Waals surface area contributed by atoms with Crippen molar-refractivity contribution in [3.63, 3.8) is 0 Å². The highest BCUT2D eigenvalue weighted by molar-refractivity contribution is 8.14. The van der Waals surface area contributed by atoms with Crippen LogP contribution in [0, 0.1) is 6.92 Å². The molecule has 27 heavy (non-hydrogen) atoms. The molecule has 1 aliphatic heterocycles. The van der Waals surface area contributed by atoms with E-state index in [0.29, 0.717) is 23.1 Å². The van der Waals surface area contributed by atoms with Crippen molar-refractivity contribution >= 4 is 39.9 Å². The number of thioether (sulfide) groups is 2. The Labute approximate surface area is 164 Å². The van der Waals surface area contributed by atoms with E-state index in [2.05, 4.69) is 49.5 Å². The Bertz CT molecular complexity index is 1020. The van der Waals surface area contributed by atoms with Gasteiger partial charge in [0.2, 0.25) is 5.66 Å². The van der Waals surface area contributed by atoms with Gasteiger partial charge in [-0.2, -0.15) is 4.63 Å². The number of H-pyrrole nitrogens is 1. The molecule has 0 aliphatic carbocycles. The number of hydrogen-bond donors (Lipinski definition) is 3. The second-order valence-electron chi connectivity index (χ2n) is 6.01. The standard InChI is InChI=1S/C15H22N10S2/c1-5-9-18-13-15(16,14(27-7-3)23-25(13)21-9)19-10-11-17-8(4)20-24(11)22-12(10)26-6-2/h19,22H,5-7,16H2,1-4H3. The SMILES string of the molecule is CCSC1=Nn2nc(CC)nc2C1(N)Nc1c(SCC)[nH]n2nc(C)nc12. The van der Waals surface area contributed by atoms with Crippen molar-refractivity contribution in [3.8, 4) is 0 Å². The highest BCUT2D eigenvalue weighted by atomic mass is 32.2. The predicted octanol–water partition coefficient (Wildman–Crippen LogP) is 1.78. The Hall–Kier alpha value is -2.05. The Morgan fingerprint density at radius 3 is 2.63 bits per heavy atom. The molecule has 1 atom stereocenters. The summed E-state index contributed by atoms with van der Waals surface area (Å²) in [7, 11) is 0. The second kappa shape index (κ2) is 6.84. The first-order chi connectivity index (χ1) is 13.0. The molecule has 0 aromatic carbocycles.